The van der Waals surface area contributed by atoms with Gasteiger partial charge in [-0.05, 0) is 74.7 Å². The van der Waals surface area contributed by atoms with Crippen molar-refractivity contribution in [1.29, 1.82) is 0 Å². The van der Waals surface area contributed by atoms with Crippen LogP contribution in [0.2, 0.25) is 0 Å². The summed E-state index contributed by atoms with van der Waals surface area (Å²) in [5, 5.41) is 7.05. The van der Waals surface area contributed by atoms with Crippen LogP contribution in [0, 0.1) is 5.92 Å². The molecule has 0 bridgehead atoms. The van der Waals surface area contributed by atoms with Crippen LogP contribution < -0.4 is 10.6 Å². The summed E-state index contributed by atoms with van der Waals surface area (Å²) in [7, 11) is 0. The van der Waals surface area contributed by atoms with E-state index < -0.39 is 0 Å². The lowest BCUT2D eigenvalue weighted by atomic mass is 9.87. The summed E-state index contributed by atoms with van der Waals surface area (Å²) in [6.07, 6.45) is 6.66. The van der Waals surface area contributed by atoms with Gasteiger partial charge in [0.05, 0.1) is 0 Å². The van der Waals surface area contributed by atoms with Gasteiger partial charge >= 0.3 is 0 Å². The van der Waals surface area contributed by atoms with Gasteiger partial charge in [-0.2, -0.15) is 0 Å². The minimum Gasteiger partial charge on any atom is -0.316 e. The molecule has 2 fully saturated rings. The van der Waals surface area contributed by atoms with E-state index in [-0.39, 0.29) is 0 Å². The van der Waals surface area contributed by atoms with E-state index in [0.29, 0.717) is 0 Å². The fourth-order valence-corrected chi connectivity index (χ4v) is 3.54. The standard InChI is InChI=1S/C17H26N2/c1-4-14(10-15-5-2-8-18-12-15)11-16(6-1)17-7-3-9-19-13-17/h1,4,6,11,15,17-19H,2-3,5,7-10,12-13H2. The van der Waals surface area contributed by atoms with E-state index >= 15 is 0 Å². The first-order valence-corrected chi connectivity index (χ1v) is 7.92. The maximum absolute atomic E-state index is 3.52. The van der Waals surface area contributed by atoms with Gasteiger partial charge in [0, 0.05) is 6.54 Å². The maximum atomic E-state index is 3.52. The number of rotatable bonds is 3. The summed E-state index contributed by atoms with van der Waals surface area (Å²) in [6.45, 7) is 4.78. The predicted octanol–water partition coefficient (Wildman–Crippen LogP) is 2.70. The van der Waals surface area contributed by atoms with E-state index in [1.807, 2.05) is 0 Å². The summed E-state index contributed by atoms with van der Waals surface area (Å²) in [5.41, 5.74) is 3.09. The smallest absolute Gasteiger partial charge is 0.00201 e. The first-order chi connectivity index (χ1) is 9.42. The molecule has 2 unspecified atom stereocenters. The minimum atomic E-state index is 0.734. The monoisotopic (exact) mass is 258 g/mol. The van der Waals surface area contributed by atoms with Crippen LogP contribution in [0.15, 0.2) is 24.3 Å². The average molecular weight is 258 g/mol. The molecule has 3 rings (SSSR count). The first kappa shape index (κ1) is 13.1. The second-order valence-corrected chi connectivity index (χ2v) is 6.20. The fraction of sp³-hybridized carbons (Fsp3) is 0.647. The summed E-state index contributed by atoms with van der Waals surface area (Å²) < 4.78 is 0. The second kappa shape index (κ2) is 6.53. The molecule has 1 aromatic carbocycles. The highest BCUT2D eigenvalue weighted by atomic mass is 14.9. The predicted molar refractivity (Wildman–Crippen MR) is 80.6 cm³/mol. The van der Waals surface area contributed by atoms with Crippen molar-refractivity contribution in [2.75, 3.05) is 26.2 Å². The molecule has 0 spiro atoms. The van der Waals surface area contributed by atoms with Gasteiger partial charge in [-0.15, -0.1) is 0 Å². The highest BCUT2D eigenvalue weighted by Gasteiger charge is 2.17. The van der Waals surface area contributed by atoms with Gasteiger partial charge in [0.1, 0.15) is 0 Å². The Hall–Kier alpha value is -0.860. The topological polar surface area (TPSA) is 24.1 Å². The molecule has 2 aliphatic rings. The van der Waals surface area contributed by atoms with Crippen molar-refractivity contribution in [2.24, 2.45) is 5.92 Å². The van der Waals surface area contributed by atoms with E-state index in [1.165, 1.54) is 57.3 Å². The summed E-state index contributed by atoms with van der Waals surface area (Å²) in [6, 6.07) is 9.36. The molecule has 0 aromatic heterocycles. The van der Waals surface area contributed by atoms with E-state index in [2.05, 4.69) is 34.9 Å². The van der Waals surface area contributed by atoms with Gasteiger partial charge in [0.15, 0.2) is 0 Å². The highest BCUT2D eigenvalue weighted by molar-refractivity contribution is 5.27. The van der Waals surface area contributed by atoms with Crippen molar-refractivity contribution >= 4 is 0 Å². The van der Waals surface area contributed by atoms with Crippen molar-refractivity contribution in [1.82, 2.24) is 10.6 Å². The number of hydrogen-bond donors (Lipinski definition) is 2. The molecule has 19 heavy (non-hydrogen) atoms. The molecular weight excluding hydrogens is 232 g/mol. The van der Waals surface area contributed by atoms with Crippen LogP contribution in [-0.4, -0.2) is 26.2 Å². The second-order valence-electron chi connectivity index (χ2n) is 6.20. The van der Waals surface area contributed by atoms with Gasteiger partial charge in [-0.3, -0.25) is 0 Å². The normalized spacial score (nSPS) is 28.2. The van der Waals surface area contributed by atoms with E-state index in [4.69, 9.17) is 0 Å². The molecule has 0 radical (unpaired) electrons. The summed E-state index contributed by atoms with van der Waals surface area (Å²) >= 11 is 0. The summed E-state index contributed by atoms with van der Waals surface area (Å²) in [4.78, 5) is 0. The Labute approximate surface area is 117 Å². The van der Waals surface area contributed by atoms with Crippen LogP contribution in [-0.2, 0) is 6.42 Å². The lowest BCUT2D eigenvalue weighted by molar-refractivity contribution is 0.376. The number of nitrogens with one attached hydrogen (secondary N) is 2. The van der Waals surface area contributed by atoms with E-state index in [1.54, 1.807) is 5.56 Å². The molecule has 2 heteroatoms. The fourth-order valence-electron chi connectivity index (χ4n) is 3.54. The summed E-state index contributed by atoms with van der Waals surface area (Å²) in [5.74, 6) is 1.58. The molecule has 2 atom stereocenters. The maximum Gasteiger partial charge on any atom is 0.00201 e. The SMILES string of the molecule is c1cc(CC2CCCNC2)cc(C2CCCNC2)c1. The van der Waals surface area contributed by atoms with Crippen LogP contribution >= 0.6 is 0 Å². The van der Waals surface area contributed by atoms with Crippen molar-refractivity contribution in [3.63, 3.8) is 0 Å². The Morgan fingerprint density at radius 2 is 1.84 bits per heavy atom. The molecule has 2 aliphatic heterocycles. The Balaban J connectivity index is 1.64. The Bertz CT molecular complexity index is 390. The molecule has 0 amide bonds. The van der Waals surface area contributed by atoms with Crippen LogP contribution in [0.3, 0.4) is 0 Å². The third-order valence-corrected chi connectivity index (χ3v) is 4.64. The Morgan fingerprint density at radius 1 is 1.00 bits per heavy atom. The molecule has 2 saturated heterocycles. The third-order valence-electron chi connectivity index (χ3n) is 4.64. The Kier molecular flexibility index (Phi) is 4.52. The van der Waals surface area contributed by atoms with Gasteiger partial charge in [-0.25, -0.2) is 0 Å². The van der Waals surface area contributed by atoms with Crippen molar-refractivity contribution in [3.8, 4) is 0 Å². The van der Waals surface area contributed by atoms with Gasteiger partial charge in [-0.1, -0.05) is 24.3 Å². The van der Waals surface area contributed by atoms with Crippen LogP contribution in [0.1, 0.15) is 42.7 Å². The van der Waals surface area contributed by atoms with Crippen LogP contribution in [0.25, 0.3) is 0 Å². The molecule has 0 saturated carbocycles. The average Bonchev–Trinajstić information content (AvgIpc) is 2.49. The van der Waals surface area contributed by atoms with Crippen molar-refractivity contribution < 1.29 is 0 Å². The number of piperidine rings is 2. The van der Waals surface area contributed by atoms with E-state index in [0.717, 1.165) is 18.4 Å². The zero-order chi connectivity index (χ0) is 12.9. The first-order valence-electron chi connectivity index (χ1n) is 7.92. The Morgan fingerprint density at radius 3 is 2.58 bits per heavy atom. The molecular formula is C17H26N2. The third kappa shape index (κ3) is 3.58. The molecule has 104 valence electrons. The molecule has 1 aromatic rings. The van der Waals surface area contributed by atoms with Gasteiger partial charge < -0.3 is 10.6 Å². The quantitative estimate of drug-likeness (QED) is 0.871. The van der Waals surface area contributed by atoms with Crippen molar-refractivity contribution in [3.05, 3.63) is 35.4 Å². The van der Waals surface area contributed by atoms with Crippen LogP contribution in [0.5, 0.6) is 0 Å². The van der Waals surface area contributed by atoms with Gasteiger partial charge in [0.2, 0.25) is 0 Å². The minimum absolute atomic E-state index is 0.734. The highest BCUT2D eigenvalue weighted by Crippen LogP contribution is 2.25. The molecule has 2 nitrogen and oxygen atoms in total. The van der Waals surface area contributed by atoms with Gasteiger partial charge in [0.25, 0.3) is 0 Å². The number of hydrogen-bond acceptors (Lipinski definition) is 2. The lowest BCUT2D eigenvalue weighted by Crippen LogP contribution is -2.31. The lowest BCUT2D eigenvalue weighted by Gasteiger charge is -2.25. The molecule has 2 heterocycles. The zero-order valence-electron chi connectivity index (χ0n) is 11.8. The van der Waals surface area contributed by atoms with Crippen molar-refractivity contribution in [2.45, 2.75) is 38.0 Å². The number of benzene rings is 1. The molecule has 0 aliphatic carbocycles. The largest absolute Gasteiger partial charge is 0.316 e. The van der Waals surface area contributed by atoms with Crippen LogP contribution in [0.4, 0.5) is 0 Å². The molecule has 2 N–H and O–H groups in total. The van der Waals surface area contributed by atoms with E-state index in [9.17, 15) is 0 Å². The zero-order valence-corrected chi connectivity index (χ0v) is 11.8.